The van der Waals surface area contributed by atoms with Crippen molar-refractivity contribution in [3.8, 4) is 0 Å². The van der Waals surface area contributed by atoms with Gasteiger partial charge in [0.15, 0.2) is 5.13 Å². The van der Waals surface area contributed by atoms with E-state index in [1.54, 1.807) is 6.92 Å². The van der Waals surface area contributed by atoms with Gasteiger partial charge >= 0.3 is 0 Å². The van der Waals surface area contributed by atoms with E-state index >= 15 is 0 Å². The highest BCUT2D eigenvalue weighted by Crippen LogP contribution is 2.26. The van der Waals surface area contributed by atoms with Crippen LogP contribution in [0.2, 0.25) is 0 Å². The third-order valence-electron chi connectivity index (χ3n) is 2.37. The van der Waals surface area contributed by atoms with Gasteiger partial charge in [-0.25, -0.2) is 4.98 Å². The van der Waals surface area contributed by atoms with Crippen LogP contribution in [-0.2, 0) is 0 Å². The Bertz CT molecular complexity index is 685. The molecule has 0 saturated heterocycles. The SMILES string of the molecule is Cc1nnsc1C(=O)Nc1nc2ccccc2s1. The second kappa shape index (κ2) is 4.43. The molecule has 0 fully saturated rings. The molecule has 3 rings (SSSR count). The van der Waals surface area contributed by atoms with Gasteiger partial charge in [0, 0.05) is 0 Å². The highest BCUT2D eigenvalue weighted by atomic mass is 32.1. The molecule has 2 aromatic heterocycles. The number of hydrogen-bond acceptors (Lipinski definition) is 6. The van der Waals surface area contributed by atoms with Crippen LogP contribution in [0.4, 0.5) is 5.13 Å². The van der Waals surface area contributed by atoms with E-state index in [4.69, 9.17) is 0 Å². The lowest BCUT2D eigenvalue weighted by Crippen LogP contribution is -2.11. The van der Waals surface area contributed by atoms with Gasteiger partial charge in [-0.15, -0.1) is 5.10 Å². The zero-order valence-electron chi connectivity index (χ0n) is 9.38. The van der Waals surface area contributed by atoms with E-state index in [-0.39, 0.29) is 5.91 Å². The molecule has 0 aliphatic rings. The quantitative estimate of drug-likeness (QED) is 0.781. The predicted molar refractivity (Wildman–Crippen MR) is 72.2 cm³/mol. The molecule has 0 atom stereocenters. The topological polar surface area (TPSA) is 67.8 Å². The van der Waals surface area contributed by atoms with Crippen molar-refractivity contribution in [2.45, 2.75) is 6.92 Å². The van der Waals surface area contributed by atoms with Gasteiger partial charge in [0.2, 0.25) is 0 Å². The summed E-state index contributed by atoms with van der Waals surface area (Å²) in [5.41, 5.74) is 1.52. The fourth-order valence-corrected chi connectivity index (χ4v) is 2.93. The Morgan fingerprint density at radius 2 is 2.17 bits per heavy atom. The minimum absolute atomic E-state index is 0.207. The number of benzene rings is 1. The summed E-state index contributed by atoms with van der Waals surface area (Å²) in [6, 6.07) is 7.76. The number of nitrogens with one attached hydrogen (secondary N) is 1. The summed E-state index contributed by atoms with van der Waals surface area (Å²) in [6.45, 7) is 1.76. The summed E-state index contributed by atoms with van der Waals surface area (Å²) < 4.78 is 4.79. The second-order valence-electron chi connectivity index (χ2n) is 3.63. The van der Waals surface area contributed by atoms with Crippen molar-refractivity contribution in [1.82, 2.24) is 14.6 Å². The molecule has 5 nitrogen and oxygen atoms in total. The average molecular weight is 276 g/mol. The van der Waals surface area contributed by atoms with Gasteiger partial charge in [0.1, 0.15) is 4.88 Å². The monoisotopic (exact) mass is 276 g/mol. The van der Waals surface area contributed by atoms with Crippen LogP contribution in [0.3, 0.4) is 0 Å². The predicted octanol–water partition coefficient (Wildman–Crippen LogP) is 2.71. The largest absolute Gasteiger partial charge is 0.297 e. The molecule has 2 heterocycles. The summed E-state index contributed by atoms with van der Waals surface area (Å²) in [6.07, 6.45) is 0. The van der Waals surface area contributed by atoms with Crippen molar-refractivity contribution in [3.05, 3.63) is 34.8 Å². The molecule has 0 radical (unpaired) electrons. The van der Waals surface area contributed by atoms with Crippen molar-refractivity contribution in [1.29, 1.82) is 0 Å². The lowest BCUT2D eigenvalue weighted by Gasteiger charge is -1.97. The summed E-state index contributed by atoms with van der Waals surface area (Å²) in [5, 5.41) is 7.18. The van der Waals surface area contributed by atoms with Gasteiger partial charge in [0.25, 0.3) is 5.91 Å². The first-order valence-corrected chi connectivity index (χ1v) is 6.79. The van der Waals surface area contributed by atoms with Crippen molar-refractivity contribution in [2.75, 3.05) is 5.32 Å². The molecule has 0 spiro atoms. The number of carbonyl (C=O) groups excluding carboxylic acids is 1. The Labute approximate surface area is 111 Å². The summed E-state index contributed by atoms with van der Waals surface area (Å²) >= 11 is 2.54. The van der Waals surface area contributed by atoms with Crippen LogP contribution < -0.4 is 5.32 Å². The van der Waals surface area contributed by atoms with E-state index in [0.29, 0.717) is 15.7 Å². The summed E-state index contributed by atoms with van der Waals surface area (Å²) in [4.78, 5) is 16.8. The van der Waals surface area contributed by atoms with Gasteiger partial charge < -0.3 is 0 Å². The molecule has 0 unspecified atom stereocenters. The fraction of sp³-hybridized carbons (Fsp3) is 0.0909. The number of thiazole rings is 1. The highest BCUT2D eigenvalue weighted by molar-refractivity contribution is 7.22. The van der Waals surface area contributed by atoms with Crippen LogP contribution in [0.5, 0.6) is 0 Å². The van der Waals surface area contributed by atoms with Crippen molar-refractivity contribution in [2.24, 2.45) is 0 Å². The van der Waals surface area contributed by atoms with Crippen LogP contribution in [0, 0.1) is 6.92 Å². The number of nitrogens with zero attached hydrogens (tertiary/aromatic N) is 3. The lowest BCUT2D eigenvalue weighted by molar-refractivity contribution is 0.103. The second-order valence-corrected chi connectivity index (χ2v) is 5.41. The molecule has 1 amide bonds. The number of carbonyl (C=O) groups is 1. The zero-order chi connectivity index (χ0) is 12.5. The zero-order valence-corrected chi connectivity index (χ0v) is 11.0. The summed E-state index contributed by atoms with van der Waals surface area (Å²) in [7, 11) is 0. The Kier molecular flexibility index (Phi) is 2.77. The standard InChI is InChI=1S/C11H8N4OS2/c1-6-9(18-15-14-6)10(16)13-11-12-7-4-2-3-5-8(7)17-11/h2-5H,1H3,(H,12,13,16). The first kappa shape index (κ1) is 11.2. The van der Waals surface area contributed by atoms with Crippen LogP contribution in [0.15, 0.2) is 24.3 Å². The molecule has 0 aliphatic heterocycles. The molecule has 1 N–H and O–H groups in total. The molecule has 0 saturated carbocycles. The number of amides is 1. The van der Waals surface area contributed by atoms with Crippen molar-refractivity contribution < 1.29 is 4.79 Å². The smallest absolute Gasteiger partial charge is 0.271 e. The van der Waals surface area contributed by atoms with Crippen molar-refractivity contribution >= 4 is 44.1 Å². The minimum Gasteiger partial charge on any atom is -0.297 e. The van der Waals surface area contributed by atoms with Gasteiger partial charge in [-0.05, 0) is 30.6 Å². The third kappa shape index (κ3) is 1.98. The van der Waals surface area contributed by atoms with E-state index in [1.807, 2.05) is 24.3 Å². The first-order valence-electron chi connectivity index (χ1n) is 5.20. The van der Waals surface area contributed by atoms with Gasteiger partial charge in [-0.1, -0.05) is 28.0 Å². The van der Waals surface area contributed by atoms with Gasteiger partial charge in [-0.2, -0.15) is 0 Å². The highest BCUT2D eigenvalue weighted by Gasteiger charge is 2.15. The van der Waals surface area contributed by atoms with E-state index in [9.17, 15) is 4.79 Å². The molecule has 90 valence electrons. The maximum atomic E-state index is 12.0. The fourth-order valence-electron chi connectivity index (χ4n) is 1.52. The van der Waals surface area contributed by atoms with Gasteiger partial charge in [-0.3, -0.25) is 10.1 Å². The molecule has 3 aromatic rings. The number of para-hydroxylation sites is 1. The maximum Gasteiger partial charge on any atom is 0.271 e. The molecule has 1 aromatic carbocycles. The normalized spacial score (nSPS) is 10.7. The van der Waals surface area contributed by atoms with Gasteiger partial charge in [0.05, 0.1) is 15.9 Å². The van der Waals surface area contributed by atoms with Crippen LogP contribution in [0.25, 0.3) is 10.2 Å². The number of hydrogen-bond donors (Lipinski definition) is 1. The molecule has 0 aliphatic carbocycles. The summed E-state index contributed by atoms with van der Waals surface area (Å²) in [5.74, 6) is -0.207. The van der Waals surface area contributed by atoms with Crippen LogP contribution in [0.1, 0.15) is 15.4 Å². The molecular formula is C11H8N4OS2. The molecule has 7 heteroatoms. The first-order chi connectivity index (χ1) is 8.74. The van der Waals surface area contributed by atoms with E-state index < -0.39 is 0 Å². The number of fused-ring (bicyclic) bond motifs is 1. The Morgan fingerprint density at radius 3 is 2.89 bits per heavy atom. The Morgan fingerprint density at radius 1 is 1.33 bits per heavy atom. The minimum atomic E-state index is -0.207. The average Bonchev–Trinajstić information content (AvgIpc) is 2.94. The van der Waals surface area contributed by atoms with E-state index in [2.05, 4.69) is 19.9 Å². The molecule has 0 bridgehead atoms. The maximum absolute atomic E-state index is 12.0. The Balaban J connectivity index is 1.88. The third-order valence-corrected chi connectivity index (χ3v) is 4.15. The van der Waals surface area contributed by atoms with Crippen LogP contribution >= 0.6 is 22.9 Å². The van der Waals surface area contributed by atoms with E-state index in [1.165, 1.54) is 11.3 Å². The molecule has 18 heavy (non-hydrogen) atoms. The molecular weight excluding hydrogens is 268 g/mol. The van der Waals surface area contributed by atoms with Crippen molar-refractivity contribution in [3.63, 3.8) is 0 Å². The number of aromatic nitrogens is 3. The number of rotatable bonds is 2. The Hall–Kier alpha value is -1.86. The number of aryl methyl sites for hydroxylation is 1. The number of anilines is 1. The lowest BCUT2D eigenvalue weighted by atomic mass is 10.3. The van der Waals surface area contributed by atoms with E-state index in [0.717, 1.165) is 21.7 Å². The van der Waals surface area contributed by atoms with Crippen LogP contribution in [-0.4, -0.2) is 20.5 Å².